The Hall–Kier alpha value is -2.33. The lowest BCUT2D eigenvalue weighted by molar-refractivity contribution is 0.323. The lowest BCUT2D eigenvalue weighted by atomic mass is 9.89. The number of aromatic nitrogens is 4. The first kappa shape index (κ1) is 15.6. The van der Waals surface area contributed by atoms with Crippen LogP contribution in [-0.4, -0.2) is 19.5 Å². The molecule has 2 heterocycles. The average Bonchev–Trinajstić information content (AvgIpc) is 2.86. The number of H-pyrrole nitrogens is 1. The third-order valence-corrected chi connectivity index (χ3v) is 4.45. The van der Waals surface area contributed by atoms with Crippen LogP contribution >= 0.6 is 0 Å². The van der Waals surface area contributed by atoms with Crippen LogP contribution < -0.4 is 10.9 Å². The van der Waals surface area contributed by atoms with Gasteiger partial charge in [-0.25, -0.2) is 9.97 Å². The zero-order valence-corrected chi connectivity index (χ0v) is 13.8. The molecule has 1 saturated carbocycles. The van der Waals surface area contributed by atoms with Crippen molar-refractivity contribution in [1.82, 2.24) is 19.5 Å². The molecule has 1 fully saturated rings. The minimum atomic E-state index is -0.196. The summed E-state index contributed by atoms with van der Waals surface area (Å²) < 4.78 is 2.04. The third-order valence-electron chi connectivity index (χ3n) is 4.45. The van der Waals surface area contributed by atoms with E-state index in [4.69, 9.17) is 0 Å². The fourth-order valence-electron chi connectivity index (χ4n) is 3.23. The molecule has 23 heavy (non-hydrogen) atoms. The van der Waals surface area contributed by atoms with Crippen LogP contribution in [0.25, 0.3) is 11.2 Å². The number of nitrogens with one attached hydrogen (secondary N) is 2. The van der Waals surface area contributed by atoms with Gasteiger partial charge in [-0.15, -0.1) is 5.73 Å². The second kappa shape index (κ2) is 6.42. The molecular formula is C17H23N5O. The molecule has 0 amide bonds. The third kappa shape index (κ3) is 3.22. The molecule has 2 aromatic heterocycles. The molecule has 1 aliphatic carbocycles. The van der Waals surface area contributed by atoms with Gasteiger partial charge in [0.2, 0.25) is 5.95 Å². The Morgan fingerprint density at radius 1 is 1.39 bits per heavy atom. The van der Waals surface area contributed by atoms with E-state index in [9.17, 15) is 4.79 Å². The quantitative estimate of drug-likeness (QED) is 0.850. The summed E-state index contributed by atoms with van der Waals surface area (Å²) in [6.45, 7) is 8.14. The van der Waals surface area contributed by atoms with E-state index in [1.54, 1.807) is 6.92 Å². The maximum atomic E-state index is 12.2. The molecule has 2 aromatic rings. The van der Waals surface area contributed by atoms with Gasteiger partial charge in [0.25, 0.3) is 5.56 Å². The Bertz CT molecular complexity index is 819. The Morgan fingerprint density at radius 3 is 2.83 bits per heavy atom. The Morgan fingerprint density at radius 2 is 2.13 bits per heavy atom. The molecule has 122 valence electrons. The number of allylic oxidation sites excluding steroid dienone is 1. The molecule has 0 atom stereocenters. The van der Waals surface area contributed by atoms with Crippen LogP contribution in [0.5, 0.6) is 0 Å². The van der Waals surface area contributed by atoms with Gasteiger partial charge in [0.15, 0.2) is 11.2 Å². The predicted molar refractivity (Wildman–Crippen MR) is 91.4 cm³/mol. The van der Waals surface area contributed by atoms with Crippen LogP contribution in [-0.2, 0) is 6.54 Å². The van der Waals surface area contributed by atoms with E-state index < -0.39 is 0 Å². The highest BCUT2D eigenvalue weighted by Gasteiger charge is 2.20. The normalized spacial score (nSPS) is 15.6. The van der Waals surface area contributed by atoms with E-state index in [0.29, 0.717) is 28.9 Å². The molecule has 0 unspecified atom stereocenters. The number of rotatable bonds is 4. The summed E-state index contributed by atoms with van der Waals surface area (Å²) in [6.07, 6.45) is 6.31. The molecule has 2 N–H and O–H groups in total. The molecule has 0 aliphatic heterocycles. The fourth-order valence-corrected chi connectivity index (χ4v) is 3.23. The predicted octanol–water partition coefficient (Wildman–Crippen LogP) is 3.11. The lowest BCUT2D eigenvalue weighted by Gasteiger charge is -2.23. The first-order valence-electron chi connectivity index (χ1n) is 8.19. The highest BCUT2D eigenvalue weighted by molar-refractivity contribution is 5.74. The first-order chi connectivity index (χ1) is 11.1. The van der Waals surface area contributed by atoms with Crippen molar-refractivity contribution in [3.8, 4) is 0 Å². The Balaban J connectivity index is 2.08. The van der Waals surface area contributed by atoms with Crippen LogP contribution in [0.1, 0.15) is 44.9 Å². The summed E-state index contributed by atoms with van der Waals surface area (Å²) in [5.74, 6) is 1.86. The maximum Gasteiger partial charge on any atom is 0.279 e. The highest BCUT2D eigenvalue weighted by Crippen LogP contribution is 2.28. The average molecular weight is 313 g/mol. The van der Waals surface area contributed by atoms with Gasteiger partial charge in [-0.3, -0.25) is 9.36 Å². The van der Waals surface area contributed by atoms with Gasteiger partial charge in [0.1, 0.15) is 5.82 Å². The Labute approximate surface area is 135 Å². The van der Waals surface area contributed by atoms with E-state index in [2.05, 4.69) is 32.6 Å². The minimum absolute atomic E-state index is 0.196. The molecule has 0 radical (unpaired) electrons. The van der Waals surface area contributed by atoms with Crippen LogP contribution in [0.15, 0.2) is 22.8 Å². The standard InChI is InChI=1S/C17H23N5O/c1-4-11(2)18-17-21-14-15(19-12(3)20-16(14)23)22(17)10-13-8-6-5-7-9-13/h13H,1,5-10H2,2-3H3,(H,18,21)(H,19,20,23). The zero-order valence-electron chi connectivity index (χ0n) is 13.8. The van der Waals surface area contributed by atoms with Crippen molar-refractivity contribution in [2.45, 2.75) is 52.5 Å². The Kier molecular flexibility index (Phi) is 4.35. The monoisotopic (exact) mass is 313 g/mol. The number of aromatic amines is 1. The van der Waals surface area contributed by atoms with Gasteiger partial charge in [-0.1, -0.05) is 25.8 Å². The number of hydrogen-bond acceptors (Lipinski definition) is 4. The molecule has 1 aliphatic rings. The van der Waals surface area contributed by atoms with Crippen LogP contribution in [0, 0.1) is 12.8 Å². The maximum absolute atomic E-state index is 12.2. The zero-order chi connectivity index (χ0) is 16.4. The molecule has 0 bridgehead atoms. The van der Waals surface area contributed by atoms with E-state index in [-0.39, 0.29) is 5.56 Å². The number of fused-ring (bicyclic) bond motifs is 1. The fraction of sp³-hybridized carbons (Fsp3) is 0.529. The number of nitrogens with zero attached hydrogens (tertiary/aromatic N) is 3. The van der Waals surface area contributed by atoms with Crippen molar-refractivity contribution in [1.29, 1.82) is 0 Å². The van der Waals surface area contributed by atoms with E-state index in [0.717, 1.165) is 12.2 Å². The summed E-state index contributed by atoms with van der Waals surface area (Å²) in [6, 6.07) is 0. The molecule has 0 saturated heterocycles. The smallest absolute Gasteiger partial charge is 0.279 e. The van der Waals surface area contributed by atoms with Gasteiger partial charge in [0.05, 0.1) is 5.70 Å². The van der Waals surface area contributed by atoms with E-state index >= 15 is 0 Å². The van der Waals surface area contributed by atoms with E-state index in [1.165, 1.54) is 32.1 Å². The van der Waals surface area contributed by atoms with Gasteiger partial charge in [-0.05, 0) is 32.6 Å². The highest BCUT2D eigenvalue weighted by atomic mass is 16.1. The van der Waals surface area contributed by atoms with Crippen LogP contribution in [0.2, 0.25) is 0 Å². The summed E-state index contributed by atoms with van der Waals surface area (Å²) in [5.41, 5.74) is 4.42. The van der Waals surface area contributed by atoms with Crippen molar-refractivity contribution >= 4 is 17.1 Å². The summed E-state index contributed by atoms with van der Waals surface area (Å²) in [4.78, 5) is 23.9. The largest absolute Gasteiger partial charge is 0.323 e. The molecule has 0 spiro atoms. The number of imidazole rings is 1. The van der Waals surface area contributed by atoms with Crippen LogP contribution in [0.3, 0.4) is 0 Å². The topological polar surface area (TPSA) is 75.6 Å². The van der Waals surface area contributed by atoms with E-state index in [1.807, 2.05) is 11.5 Å². The SMILES string of the molecule is C=C=C(C)Nc1nc2c(=O)[nH]c(C)nc2n1CC1CCCCC1. The van der Waals surface area contributed by atoms with Crippen molar-refractivity contribution < 1.29 is 0 Å². The van der Waals surface area contributed by atoms with Gasteiger partial charge in [-0.2, -0.15) is 0 Å². The number of hydrogen-bond donors (Lipinski definition) is 2. The van der Waals surface area contributed by atoms with Crippen molar-refractivity contribution in [2.75, 3.05) is 5.32 Å². The van der Waals surface area contributed by atoms with Crippen LogP contribution in [0.4, 0.5) is 5.95 Å². The van der Waals surface area contributed by atoms with Crippen molar-refractivity contribution in [3.63, 3.8) is 0 Å². The van der Waals surface area contributed by atoms with Gasteiger partial charge < -0.3 is 10.3 Å². The second-order valence-corrected chi connectivity index (χ2v) is 6.30. The number of aryl methyl sites for hydroxylation is 1. The first-order valence-corrected chi connectivity index (χ1v) is 8.19. The summed E-state index contributed by atoms with van der Waals surface area (Å²) >= 11 is 0. The second-order valence-electron chi connectivity index (χ2n) is 6.30. The molecule has 3 rings (SSSR count). The molecule has 0 aromatic carbocycles. The lowest BCUT2D eigenvalue weighted by Crippen LogP contribution is -2.17. The summed E-state index contributed by atoms with van der Waals surface area (Å²) in [5, 5.41) is 3.19. The molecule has 6 nitrogen and oxygen atoms in total. The van der Waals surface area contributed by atoms with Crippen molar-refractivity contribution in [2.24, 2.45) is 5.92 Å². The number of anilines is 1. The van der Waals surface area contributed by atoms with Gasteiger partial charge in [0, 0.05) is 6.54 Å². The molecular weight excluding hydrogens is 290 g/mol. The van der Waals surface area contributed by atoms with Gasteiger partial charge >= 0.3 is 0 Å². The summed E-state index contributed by atoms with van der Waals surface area (Å²) in [7, 11) is 0. The minimum Gasteiger partial charge on any atom is -0.323 e. The molecule has 6 heteroatoms. The van der Waals surface area contributed by atoms with Crippen molar-refractivity contribution in [3.05, 3.63) is 34.2 Å².